The van der Waals surface area contributed by atoms with E-state index in [0.29, 0.717) is 23.5 Å². The third-order valence-corrected chi connectivity index (χ3v) is 4.22. The summed E-state index contributed by atoms with van der Waals surface area (Å²) in [6.45, 7) is 0.708. The summed E-state index contributed by atoms with van der Waals surface area (Å²) in [5, 5.41) is 6.86. The third-order valence-electron chi connectivity index (χ3n) is 3.99. The van der Waals surface area contributed by atoms with Crippen LogP contribution in [0.25, 0.3) is 0 Å². The maximum atomic E-state index is 12.5. The first-order valence-electron chi connectivity index (χ1n) is 8.53. The number of nitrogens with one attached hydrogen (secondary N) is 2. The molecule has 1 aromatic heterocycles. The van der Waals surface area contributed by atoms with Crippen molar-refractivity contribution in [1.29, 1.82) is 0 Å². The zero-order chi connectivity index (χ0) is 19.1. The van der Waals surface area contributed by atoms with Gasteiger partial charge in [-0.2, -0.15) is 0 Å². The van der Waals surface area contributed by atoms with Crippen LogP contribution in [0.4, 0.5) is 11.4 Å². The van der Waals surface area contributed by atoms with E-state index in [0.717, 1.165) is 22.7 Å². The van der Waals surface area contributed by atoms with Gasteiger partial charge < -0.3 is 15.4 Å². The topological polar surface area (TPSA) is 63.2 Å². The Morgan fingerprint density at radius 2 is 1.96 bits per heavy atom. The molecule has 0 unspecified atom stereocenters. The van der Waals surface area contributed by atoms with Crippen LogP contribution in [-0.4, -0.2) is 24.5 Å². The van der Waals surface area contributed by atoms with E-state index in [1.807, 2.05) is 36.4 Å². The predicted octanol–water partition coefficient (Wildman–Crippen LogP) is 4.65. The van der Waals surface area contributed by atoms with Gasteiger partial charge in [0, 0.05) is 24.0 Å². The summed E-state index contributed by atoms with van der Waals surface area (Å²) in [6, 6.07) is 16.8. The van der Waals surface area contributed by atoms with Crippen molar-refractivity contribution < 1.29 is 9.53 Å². The van der Waals surface area contributed by atoms with Crippen LogP contribution in [0, 0.1) is 0 Å². The molecule has 0 spiro atoms. The van der Waals surface area contributed by atoms with Gasteiger partial charge >= 0.3 is 0 Å². The first-order valence-corrected chi connectivity index (χ1v) is 8.91. The monoisotopic (exact) mass is 381 g/mol. The zero-order valence-corrected chi connectivity index (χ0v) is 15.7. The van der Waals surface area contributed by atoms with Gasteiger partial charge in [0.1, 0.15) is 5.75 Å². The van der Waals surface area contributed by atoms with Gasteiger partial charge in [-0.3, -0.25) is 9.78 Å². The van der Waals surface area contributed by atoms with Gasteiger partial charge in [0.2, 0.25) is 0 Å². The molecule has 1 amide bonds. The fraction of sp³-hybridized carbons (Fsp3) is 0.143. The number of carbonyl (C=O) groups is 1. The fourth-order valence-corrected chi connectivity index (χ4v) is 2.86. The van der Waals surface area contributed by atoms with Gasteiger partial charge in [-0.15, -0.1) is 0 Å². The lowest BCUT2D eigenvalue weighted by Crippen LogP contribution is -2.14. The van der Waals surface area contributed by atoms with Crippen molar-refractivity contribution in [1.82, 2.24) is 4.98 Å². The molecule has 27 heavy (non-hydrogen) atoms. The molecule has 0 fully saturated rings. The highest BCUT2D eigenvalue weighted by atomic mass is 35.5. The molecule has 5 nitrogen and oxygen atoms in total. The summed E-state index contributed by atoms with van der Waals surface area (Å²) >= 11 is 6.00. The van der Waals surface area contributed by atoms with Gasteiger partial charge in [-0.05, 0) is 42.3 Å². The van der Waals surface area contributed by atoms with Crippen molar-refractivity contribution >= 4 is 28.9 Å². The van der Waals surface area contributed by atoms with Crippen LogP contribution in [0.3, 0.4) is 0 Å². The molecule has 3 aromatic rings. The van der Waals surface area contributed by atoms with Crippen molar-refractivity contribution in [3.05, 3.63) is 83.1 Å². The molecule has 0 aliphatic rings. The second-order valence-corrected chi connectivity index (χ2v) is 6.36. The molecule has 6 heteroatoms. The van der Waals surface area contributed by atoms with Crippen molar-refractivity contribution in [3.63, 3.8) is 0 Å². The fourth-order valence-electron chi connectivity index (χ4n) is 2.65. The predicted molar refractivity (Wildman–Crippen MR) is 109 cm³/mol. The maximum Gasteiger partial charge on any atom is 0.257 e. The molecule has 0 aliphatic carbocycles. The minimum atomic E-state index is -0.245. The molecule has 0 bridgehead atoms. The summed E-state index contributed by atoms with van der Waals surface area (Å²) in [6.07, 6.45) is 4.04. The average molecular weight is 382 g/mol. The number of halogens is 1. The number of para-hydroxylation sites is 2. The minimum absolute atomic E-state index is 0.245. The molecule has 0 radical (unpaired) electrons. The van der Waals surface area contributed by atoms with Crippen LogP contribution in [-0.2, 0) is 6.42 Å². The lowest BCUT2D eigenvalue weighted by molar-refractivity contribution is 0.102. The van der Waals surface area contributed by atoms with Crippen molar-refractivity contribution in [3.8, 4) is 5.75 Å². The number of aromatic nitrogens is 1. The smallest absolute Gasteiger partial charge is 0.257 e. The molecular weight excluding hydrogens is 362 g/mol. The molecule has 0 saturated carbocycles. The van der Waals surface area contributed by atoms with Crippen LogP contribution < -0.4 is 15.4 Å². The molecule has 2 N–H and O–H groups in total. The molecule has 1 heterocycles. The van der Waals surface area contributed by atoms with Crippen LogP contribution in [0.1, 0.15) is 15.9 Å². The number of ether oxygens (including phenoxy) is 1. The Morgan fingerprint density at radius 3 is 2.78 bits per heavy atom. The summed E-state index contributed by atoms with van der Waals surface area (Å²) in [4.78, 5) is 16.7. The summed E-state index contributed by atoms with van der Waals surface area (Å²) in [7, 11) is 1.57. The van der Waals surface area contributed by atoms with E-state index in [4.69, 9.17) is 16.3 Å². The number of methoxy groups -OCH3 is 1. The summed E-state index contributed by atoms with van der Waals surface area (Å²) < 4.78 is 5.26. The minimum Gasteiger partial charge on any atom is -0.495 e. The van der Waals surface area contributed by atoms with E-state index in [-0.39, 0.29) is 5.91 Å². The first kappa shape index (κ1) is 18.7. The number of anilines is 2. The van der Waals surface area contributed by atoms with Gasteiger partial charge in [-0.25, -0.2) is 0 Å². The van der Waals surface area contributed by atoms with E-state index in [2.05, 4.69) is 15.6 Å². The Bertz CT molecular complexity index is 931. The van der Waals surface area contributed by atoms with E-state index in [9.17, 15) is 4.79 Å². The number of rotatable bonds is 7. The van der Waals surface area contributed by atoms with Gasteiger partial charge in [-0.1, -0.05) is 35.9 Å². The van der Waals surface area contributed by atoms with E-state index in [1.165, 1.54) is 6.20 Å². The second kappa shape index (κ2) is 9.05. The second-order valence-electron chi connectivity index (χ2n) is 5.92. The number of nitrogens with zero attached hydrogens (tertiary/aromatic N) is 1. The molecule has 3 rings (SSSR count). The van der Waals surface area contributed by atoms with Crippen LogP contribution in [0.15, 0.2) is 67.0 Å². The van der Waals surface area contributed by atoms with E-state index < -0.39 is 0 Å². The highest BCUT2D eigenvalue weighted by molar-refractivity contribution is 6.30. The van der Waals surface area contributed by atoms with E-state index >= 15 is 0 Å². The van der Waals surface area contributed by atoms with Crippen molar-refractivity contribution in [2.45, 2.75) is 6.42 Å². The van der Waals surface area contributed by atoms with Crippen LogP contribution in [0.2, 0.25) is 5.02 Å². The molecule has 0 aliphatic heterocycles. The molecule has 138 valence electrons. The summed E-state index contributed by atoms with van der Waals surface area (Å²) in [5.41, 5.74) is 3.01. The molecular formula is C21H20ClN3O2. The Hall–Kier alpha value is -3.05. The number of pyridine rings is 1. The SMILES string of the molecule is COc1ccccc1NC(=O)c1cncc(NCCc2cccc(Cl)c2)c1. The Kier molecular flexibility index (Phi) is 6.28. The number of amides is 1. The largest absolute Gasteiger partial charge is 0.495 e. The number of carbonyl (C=O) groups excluding carboxylic acids is 1. The highest BCUT2D eigenvalue weighted by Gasteiger charge is 2.10. The first-order chi connectivity index (χ1) is 13.2. The third kappa shape index (κ3) is 5.21. The Balaban J connectivity index is 1.61. The number of benzene rings is 2. The number of hydrogen-bond donors (Lipinski definition) is 2. The standard InChI is InChI=1S/C21H20ClN3O2/c1-27-20-8-3-2-7-19(20)25-21(26)16-12-18(14-23-13-16)24-10-9-15-5-4-6-17(22)11-15/h2-8,11-14,24H,9-10H2,1H3,(H,25,26). The van der Waals surface area contributed by atoms with Crippen LogP contribution >= 0.6 is 11.6 Å². The molecule has 0 saturated heterocycles. The van der Waals surface area contributed by atoms with E-state index in [1.54, 1.807) is 31.5 Å². The Labute approximate surface area is 163 Å². The van der Waals surface area contributed by atoms with Crippen molar-refractivity contribution in [2.24, 2.45) is 0 Å². The normalized spacial score (nSPS) is 10.3. The van der Waals surface area contributed by atoms with Gasteiger partial charge in [0.25, 0.3) is 5.91 Å². The lowest BCUT2D eigenvalue weighted by atomic mass is 10.1. The van der Waals surface area contributed by atoms with Gasteiger partial charge in [0.15, 0.2) is 0 Å². The summed E-state index contributed by atoms with van der Waals surface area (Å²) in [5.74, 6) is 0.361. The Morgan fingerprint density at radius 1 is 1.11 bits per heavy atom. The van der Waals surface area contributed by atoms with Crippen LogP contribution in [0.5, 0.6) is 5.75 Å². The quantitative estimate of drug-likeness (QED) is 0.625. The van der Waals surface area contributed by atoms with Gasteiger partial charge in [0.05, 0.1) is 24.0 Å². The molecule has 2 aromatic carbocycles. The highest BCUT2D eigenvalue weighted by Crippen LogP contribution is 2.23. The van der Waals surface area contributed by atoms with Crippen molar-refractivity contribution in [2.75, 3.05) is 24.3 Å². The average Bonchev–Trinajstić information content (AvgIpc) is 2.69. The zero-order valence-electron chi connectivity index (χ0n) is 14.9. The maximum absolute atomic E-state index is 12.5. The lowest BCUT2D eigenvalue weighted by Gasteiger charge is -2.11. The number of hydrogen-bond acceptors (Lipinski definition) is 4. The molecule has 0 atom stereocenters.